The molecule has 1 aromatic rings. The molecule has 2 heterocycles. The minimum atomic E-state index is -0.808. The summed E-state index contributed by atoms with van der Waals surface area (Å²) in [6.45, 7) is 5.38. The minimum Gasteiger partial charge on any atom is -0.386 e. The topological polar surface area (TPSA) is 93.3 Å². The fraction of sp³-hybridized carbons (Fsp3) is 0.667. The van der Waals surface area contributed by atoms with E-state index in [-0.39, 0.29) is 5.92 Å². The summed E-state index contributed by atoms with van der Waals surface area (Å²) in [5.41, 5.74) is 4.93. The number of nitrogens with zero attached hydrogens (tertiary/aromatic N) is 2. The van der Waals surface area contributed by atoms with Crippen LogP contribution in [0, 0.1) is 0 Å². The van der Waals surface area contributed by atoms with Crippen LogP contribution in [0.5, 0.6) is 0 Å². The number of anilines is 2. The first-order valence-corrected chi connectivity index (χ1v) is 6.17. The van der Waals surface area contributed by atoms with Crippen molar-refractivity contribution in [1.29, 1.82) is 0 Å². The van der Waals surface area contributed by atoms with Crippen LogP contribution in [0.15, 0.2) is 6.07 Å². The van der Waals surface area contributed by atoms with E-state index in [4.69, 9.17) is 10.5 Å². The van der Waals surface area contributed by atoms with Crippen LogP contribution in [-0.4, -0.2) is 40.4 Å². The summed E-state index contributed by atoms with van der Waals surface area (Å²) in [5.74, 6) is 2.00. The van der Waals surface area contributed by atoms with Crippen molar-refractivity contribution in [3.63, 3.8) is 0 Å². The molecule has 2 rings (SSSR count). The molecule has 0 radical (unpaired) electrons. The summed E-state index contributed by atoms with van der Waals surface area (Å²) < 4.78 is 5.19. The maximum Gasteiger partial charge on any atom is 0.135 e. The van der Waals surface area contributed by atoms with Crippen molar-refractivity contribution in [3.8, 4) is 0 Å². The van der Waals surface area contributed by atoms with Gasteiger partial charge in [0.15, 0.2) is 0 Å². The lowest BCUT2D eigenvalue weighted by Gasteiger charge is -2.21. The van der Waals surface area contributed by atoms with Crippen LogP contribution in [0.3, 0.4) is 0 Å². The molecule has 1 aliphatic rings. The summed E-state index contributed by atoms with van der Waals surface area (Å²) in [5, 5.41) is 13.2. The van der Waals surface area contributed by atoms with Gasteiger partial charge in [0.05, 0.1) is 6.61 Å². The average Bonchev–Trinajstić information content (AvgIpc) is 2.73. The van der Waals surface area contributed by atoms with E-state index in [0.29, 0.717) is 43.6 Å². The van der Waals surface area contributed by atoms with Gasteiger partial charge in [0.1, 0.15) is 23.1 Å². The molecule has 0 bridgehead atoms. The van der Waals surface area contributed by atoms with Crippen LogP contribution in [0.25, 0.3) is 0 Å². The van der Waals surface area contributed by atoms with Crippen LogP contribution in [-0.2, 0) is 4.74 Å². The van der Waals surface area contributed by atoms with E-state index in [1.165, 1.54) is 0 Å². The van der Waals surface area contributed by atoms with Crippen molar-refractivity contribution in [3.05, 3.63) is 11.9 Å². The molecular formula is C12H20N4O2. The van der Waals surface area contributed by atoms with Gasteiger partial charge in [-0.15, -0.1) is 0 Å². The molecular weight excluding hydrogens is 232 g/mol. The van der Waals surface area contributed by atoms with Crippen LogP contribution in [0.4, 0.5) is 11.6 Å². The average molecular weight is 252 g/mol. The van der Waals surface area contributed by atoms with Crippen LogP contribution in [0.1, 0.15) is 32.0 Å². The first-order chi connectivity index (χ1) is 8.48. The Kier molecular flexibility index (Phi) is 3.68. The lowest BCUT2D eigenvalue weighted by molar-refractivity contribution is 0.0381. The Morgan fingerprint density at radius 2 is 2.33 bits per heavy atom. The number of hydrogen-bond acceptors (Lipinski definition) is 6. The molecule has 1 aliphatic heterocycles. The van der Waals surface area contributed by atoms with Gasteiger partial charge in [0.25, 0.3) is 0 Å². The SMILES string of the molecule is CC(C)c1nc(N)cc(NCC2(O)CCOC2)n1. The molecule has 1 fully saturated rings. The molecule has 4 N–H and O–H groups in total. The van der Waals surface area contributed by atoms with Gasteiger partial charge >= 0.3 is 0 Å². The van der Waals surface area contributed by atoms with E-state index >= 15 is 0 Å². The van der Waals surface area contributed by atoms with E-state index < -0.39 is 5.60 Å². The van der Waals surface area contributed by atoms with Gasteiger partial charge < -0.3 is 20.9 Å². The number of rotatable bonds is 4. The van der Waals surface area contributed by atoms with E-state index in [9.17, 15) is 5.11 Å². The van der Waals surface area contributed by atoms with Gasteiger partial charge in [0, 0.05) is 31.6 Å². The monoisotopic (exact) mass is 252 g/mol. The van der Waals surface area contributed by atoms with Gasteiger partial charge in [-0.2, -0.15) is 0 Å². The van der Waals surface area contributed by atoms with Gasteiger partial charge in [-0.1, -0.05) is 13.8 Å². The Hall–Kier alpha value is -1.40. The summed E-state index contributed by atoms with van der Waals surface area (Å²) >= 11 is 0. The maximum absolute atomic E-state index is 10.1. The van der Waals surface area contributed by atoms with Gasteiger partial charge in [0.2, 0.25) is 0 Å². The van der Waals surface area contributed by atoms with Crippen molar-refractivity contribution in [2.24, 2.45) is 0 Å². The van der Waals surface area contributed by atoms with Gasteiger partial charge in [-0.05, 0) is 0 Å². The Balaban J connectivity index is 2.04. The Morgan fingerprint density at radius 3 is 2.94 bits per heavy atom. The molecule has 1 unspecified atom stereocenters. The molecule has 6 nitrogen and oxygen atoms in total. The van der Waals surface area contributed by atoms with Crippen molar-refractivity contribution < 1.29 is 9.84 Å². The number of hydrogen-bond donors (Lipinski definition) is 3. The first-order valence-electron chi connectivity index (χ1n) is 6.17. The molecule has 0 saturated carbocycles. The highest BCUT2D eigenvalue weighted by molar-refractivity contribution is 5.45. The predicted octanol–water partition coefficient (Wildman–Crippen LogP) is 0.745. The maximum atomic E-state index is 10.1. The zero-order valence-electron chi connectivity index (χ0n) is 10.8. The van der Waals surface area contributed by atoms with Gasteiger partial charge in [-0.25, -0.2) is 9.97 Å². The second-order valence-electron chi connectivity index (χ2n) is 5.07. The molecule has 100 valence electrons. The first kappa shape index (κ1) is 13.0. The molecule has 18 heavy (non-hydrogen) atoms. The molecule has 0 spiro atoms. The highest BCUT2D eigenvalue weighted by Crippen LogP contribution is 2.20. The lowest BCUT2D eigenvalue weighted by Crippen LogP contribution is -2.37. The zero-order chi connectivity index (χ0) is 13.2. The van der Waals surface area contributed by atoms with E-state index in [1.54, 1.807) is 6.07 Å². The fourth-order valence-corrected chi connectivity index (χ4v) is 1.83. The van der Waals surface area contributed by atoms with E-state index in [1.807, 2.05) is 13.8 Å². The second-order valence-corrected chi connectivity index (χ2v) is 5.07. The number of nitrogens with one attached hydrogen (secondary N) is 1. The molecule has 0 aliphatic carbocycles. The number of nitrogens with two attached hydrogens (primary N) is 1. The number of nitrogen functional groups attached to an aromatic ring is 1. The quantitative estimate of drug-likeness (QED) is 0.732. The van der Waals surface area contributed by atoms with Crippen LogP contribution >= 0.6 is 0 Å². The molecule has 6 heteroatoms. The van der Waals surface area contributed by atoms with E-state index in [2.05, 4.69) is 15.3 Å². The minimum absolute atomic E-state index is 0.215. The second kappa shape index (κ2) is 5.07. The number of aromatic nitrogens is 2. The molecule has 0 aromatic carbocycles. The van der Waals surface area contributed by atoms with E-state index in [0.717, 1.165) is 0 Å². The Bertz CT molecular complexity index is 417. The summed E-state index contributed by atoms with van der Waals surface area (Å²) in [7, 11) is 0. The molecule has 1 aromatic heterocycles. The van der Waals surface area contributed by atoms with Crippen LogP contribution < -0.4 is 11.1 Å². The molecule has 0 amide bonds. The molecule has 1 atom stereocenters. The third-order valence-electron chi connectivity index (χ3n) is 2.96. The number of ether oxygens (including phenoxy) is 1. The van der Waals surface area contributed by atoms with Crippen molar-refractivity contribution in [2.45, 2.75) is 31.8 Å². The fourth-order valence-electron chi connectivity index (χ4n) is 1.83. The highest BCUT2D eigenvalue weighted by atomic mass is 16.5. The van der Waals surface area contributed by atoms with Crippen molar-refractivity contribution in [1.82, 2.24) is 9.97 Å². The van der Waals surface area contributed by atoms with Crippen molar-refractivity contribution in [2.75, 3.05) is 30.8 Å². The highest BCUT2D eigenvalue weighted by Gasteiger charge is 2.32. The summed E-state index contributed by atoms with van der Waals surface area (Å²) in [6.07, 6.45) is 0.637. The van der Waals surface area contributed by atoms with Gasteiger partial charge in [-0.3, -0.25) is 0 Å². The molecule has 1 saturated heterocycles. The predicted molar refractivity (Wildman–Crippen MR) is 69.4 cm³/mol. The third-order valence-corrected chi connectivity index (χ3v) is 2.96. The Labute approximate surface area is 107 Å². The Morgan fingerprint density at radius 1 is 1.56 bits per heavy atom. The smallest absolute Gasteiger partial charge is 0.135 e. The largest absolute Gasteiger partial charge is 0.386 e. The lowest BCUT2D eigenvalue weighted by atomic mass is 10.0. The standard InChI is InChI=1S/C12H20N4O2/c1-8(2)11-15-9(13)5-10(16-11)14-6-12(17)3-4-18-7-12/h5,8,17H,3-4,6-7H2,1-2H3,(H3,13,14,15,16). The zero-order valence-corrected chi connectivity index (χ0v) is 10.8. The normalized spacial score (nSPS) is 23.6. The van der Waals surface area contributed by atoms with Crippen molar-refractivity contribution >= 4 is 11.6 Å². The number of aliphatic hydroxyl groups is 1. The third kappa shape index (κ3) is 3.08. The summed E-state index contributed by atoms with van der Waals surface area (Å²) in [6, 6.07) is 1.67. The van der Waals surface area contributed by atoms with Crippen LogP contribution in [0.2, 0.25) is 0 Å². The summed E-state index contributed by atoms with van der Waals surface area (Å²) in [4.78, 5) is 8.54.